The highest BCUT2D eigenvalue weighted by molar-refractivity contribution is 7.87. The molecule has 0 aliphatic rings. The van der Waals surface area contributed by atoms with Gasteiger partial charge in [-0.1, -0.05) is 30.3 Å². The van der Waals surface area contributed by atoms with Crippen molar-refractivity contribution in [1.82, 2.24) is 0 Å². The minimum Gasteiger partial charge on any atom is -0.285 e. The Morgan fingerprint density at radius 1 is 1.14 bits per heavy atom. The molecule has 126 valence electrons. The van der Waals surface area contributed by atoms with Gasteiger partial charge < -0.3 is 0 Å². The van der Waals surface area contributed by atoms with Gasteiger partial charge in [-0.2, -0.15) is 34.3 Å². The van der Waals surface area contributed by atoms with Gasteiger partial charge in [0.1, 0.15) is 5.75 Å². The van der Waals surface area contributed by atoms with Crippen molar-refractivity contribution in [2.75, 3.05) is 0 Å². The maximum atomic E-state index is 11.2. The largest absolute Gasteiger partial charge is 0.522 e. The van der Waals surface area contributed by atoms with Gasteiger partial charge in [0.05, 0.1) is 0 Å². The molecule has 0 saturated carbocycles. The Balaban J connectivity index is 0.000000401. The molecular formula is C8H8F3NO8S2. The molecule has 1 N–H and O–H groups in total. The van der Waals surface area contributed by atoms with Crippen LogP contribution in [0.25, 0.3) is 0 Å². The van der Waals surface area contributed by atoms with Gasteiger partial charge >= 0.3 is 20.7 Å². The van der Waals surface area contributed by atoms with E-state index in [1.807, 2.05) is 0 Å². The van der Waals surface area contributed by atoms with Crippen LogP contribution in [0.2, 0.25) is 0 Å². The molecule has 0 amide bonds. The predicted octanol–water partition coefficient (Wildman–Crippen LogP) is 1.12. The lowest BCUT2D eigenvalue weighted by atomic mass is 10.2. The van der Waals surface area contributed by atoms with Gasteiger partial charge in [-0.05, 0) is 5.56 Å². The fourth-order valence-electron chi connectivity index (χ4n) is 0.907. The van der Waals surface area contributed by atoms with Crippen molar-refractivity contribution in [3.8, 4) is 0 Å². The number of nitrogens with zero attached hydrogens (tertiary/aromatic N) is 1. The third-order valence-electron chi connectivity index (χ3n) is 1.63. The van der Waals surface area contributed by atoms with Gasteiger partial charge in [0.25, 0.3) is 10.1 Å². The van der Waals surface area contributed by atoms with Crippen LogP contribution >= 0.6 is 0 Å². The summed E-state index contributed by atoms with van der Waals surface area (Å²) in [6.45, 7) is 0. The summed E-state index contributed by atoms with van der Waals surface area (Å²) in [4.78, 5) is 9.17. The SMILES string of the molecule is O=S(=O)(O)Cc1ccccc1.O=[N+]([O-])OS(=O)(=O)C(F)(F)F. The number of halogens is 3. The van der Waals surface area contributed by atoms with E-state index in [2.05, 4.69) is 4.28 Å². The molecule has 14 heteroatoms. The zero-order valence-electron chi connectivity index (χ0n) is 10.3. The number of hydrogen-bond donors (Lipinski definition) is 1. The quantitative estimate of drug-likeness (QED) is 0.361. The number of alkyl halides is 3. The van der Waals surface area contributed by atoms with Crippen LogP contribution in [0.4, 0.5) is 13.2 Å². The molecule has 1 rings (SSSR count). The maximum Gasteiger partial charge on any atom is 0.522 e. The Kier molecular flexibility index (Phi) is 6.72. The third kappa shape index (κ3) is 8.38. The van der Waals surface area contributed by atoms with E-state index < -0.39 is 30.8 Å². The Hall–Kier alpha value is -1.93. The number of rotatable bonds is 4. The first-order chi connectivity index (χ1) is 9.74. The average Bonchev–Trinajstić information content (AvgIpc) is 2.25. The highest BCUT2D eigenvalue weighted by Gasteiger charge is 2.49. The van der Waals surface area contributed by atoms with Crippen LogP contribution in [0.15, 0.2) is 30.3 Å². The predicted molar refractivity (Wildman–Crippen MR) is 64.7 cm³/mol. The van der Waals surface area contributed by atoms with Crippen molar-refractivity contribution in [2.24, 2.45) is 0 Å². The molecule has 0 unspecified atom stereocenters. The molecule has 22 heavy (non-hydrogen) atoms. The zero-order chi connectivity index (χ0) is 17.6. The molecular weight excluding hydrogens is 359 g/mol. The average molecular weight is 367 g/mol. The summed E-state index contributed by atoms with van der Waals surface area (Å²) in [5, 5.41) is 7.11. The maximum absolute atomic E-state index is 11.2. The van der Waals surface area contributed by atoms with Crippen LogP contribution in [0.3, 0.4) is 0 Å². The molecule has 1 aromatic rings. The minimum absolute atomic E-state index is 0.312. The van der Waals surface area contributed by atoms with Crippen molar-refractivity contribution >= 4 is 20.2 Å². The van der Waals surface area contributed by atoms with E-state index in [0.29, 0.717) is 5.56 Å². The van der Waals surface area contributed by atoms with Gasteiger partial charge in [0.15, 0.2) is 0 Å². The molecule has 0 bridgehead atoms. The Morgan fingerprint density at radius 2 is 1.59 bits per heavy atom. The van der Waals surface area contributed by atoms with E-state index >= 15 is 0 Å². The molecule has 0 aromatic heterocycles. The van der Waals surface area contributed by atoms with Crippen molar-refractivity contribution in [1.29, 1.82) is 0 Å². The van der Waals surface area contributed by atoms with Gasteiger partial charge in [0.2, 0.25) is 0 Å². The summed E-state index contributed by atoms with van der Waals surface area (Å²) in [6.07, 6.45) is 0. The lowest BCUT2D eigenvalue weighted by Gasteiger charge is -2.02. The highest BCUT2D eigenvalue weighted by atomic mass is 32.2. The standard InChI is InChI=1S/C7H8O3S.CF3NO5S/c8-11(9,10)6-7-4-2-1-3-5-7;2-1(3,4)11(8,9)10-5(6)7/h1-5H,6H2,(H,8,9,10);. The first-order valence-corrected chi connectivity index (χ1v) is 7.91. The van der Waals surface area contributed by atoms with E-state index in [1.54, 1.807) is 30.3 Å². The fourth-order valence-corrected chi connectivity index (χ4v) is 1.77. The van der Waals surface area contributed by atoms with Crippen LogP contribution in [0.5, 0.6) is 0 Å². The summed E-state index contributed by atoms with van der Waals surface area (Å²) >= 11 is 0. The molecule has 0 fully saturated rings. The minimum atomic E-state index is -6.10. The second-order valence-electron chi connectivity index (χ2n) is 3.41. The fraction of sp³-hybridized carbons (Fsp3) is 0.250. The third-order valence-corrected chi connectivity index (χ3v) is 3.22. The second-order valence-corrected chi connectivity index (χ2v) is 6.38. The Bertz CT molecular complexity index is 699. The zero-order valence-corrected chi connectivity index (χ0v) is 11.9. The molecule has 0 heterocycles. The van der Waals surface area contributed by atoms with E-state index in [1.165, 1.54) is 0 Å². The molecule has 0 aliphatic heterocycles. The van der Waals surface area contributed by atoms with Crippen LogP contribution in [0, 0.1) is 10.1 Å². The number of hydrogen-bond acceptors (Lipinski definition) is 7. The van der Waals surface area contributed by atoms with Crippen molar-refractivity contribution < 1.29 is 43.9 Å². The molecule has 1 aromatic carbocycles. The Morgan fingerprint density at radius 3 is 1.86 bits per heavy atom. The normalized spacial score (nSPS) is 12.0. The summed E-state index contributed by atoms with van der Waals surface area (Å²) in [7, 11) is -9.97. The molecule has 0 radical (unpaired) electrons. The van der Waals surface area contributed by atoms with Gasteiger partial charge in [-0.3, -0.25) is 4.55 Å². The summed E-state index contributed by atoms with van der Waals surface area (Å²) in [5.41, 5.74) is -5.17. The summed E-state index contributed by atoms with van der Waals surface area (Å²) in [6, 6.07) is 8.52. The van der Waals surface area contributed by atoms with Crippen molar-refractivity contribution in [2.45, 2.75) is 11.3 Å². The van der Waals surface area contributed by atoms with E-state index in [0.717, 1.165) is 0 Å². The molecule has 0 saturated heterocycles. The van der Waals surface area contributed by atoms with Gasteiger partial charge in [-0.15, -0.1) is 10.1 Å². The van der Waals surface area contributed by atoms with E-state index in [4.69, 9.17) is 14.7 Å². The Labute approximate surface area is 122 Å². The van der Waals surface area contributed by atoms with Crippen molar-refractivity contribution in [3.05, 3.63) is 46.0 Å². The lowest BCUT2D eigenvalue weighted by molar-refractivity contribution is -0.712. The molecule has 0 aliphatic carbocycles. The first kappa shape index (κ1) is 20.1. The number of benzene rings is 1. The summed E-state index contributed by atoms with van der Waals surface area (Å²) in [5.74, 6) is -0.312. The topological polar surface area (TPSA) is 141 Å². The highest BCUT2D eigenvalue weighted by Crippen LogP contribution is 2.24. The molecule has 0 atom stereocenters. The van der Waals surface area contributed by atoms with E-state index in [-0.39, 0.29) is 5.75 Å². The van der Waals surface area contributed by atoms with Crippen molar-refractivity contribution in [3.63, 3.8) is 0 Å². The van der Waals surface area contributed by atoms with Gasteiger partial charge in [-0.25, -0.2) is 0 Å². The monoisotopic (exact) mass is 367 g/mol. The van der Waals surface area contributed by atoms with Crippen LogP contribution in [-0.4, -0.2) is 32.0 Å². The smallest absolute Gasteiger partial charge is 0.285 e. The van der Waals surface area contributed by atoms with E-state index in [9.17, 15) is 30.0 Å². The van der Waals surface area contributed by atoms with Crippen LogP contribution in [0.1, 0.15) is 5.56 Å². The van der Waals surface area contributed by atoms with Gasteiger partial charge in [0, 0.05) is 0 Å². The molecule has 9 nitrogen and oxygen atoms in total. The summed E-state index contributed by atoms with van der Waals surface area (Å²) < 4.78 is 84.4. The first-order valence-electron chi connectivity index (χ1n) is 4.89. The lowest BCUT2D eigenvalue weighted by Crippen LogP contribution is -2.27. The second kappa shape index (κ2) is 7.37. The molecule has 0 spiro atoms. The van der Waals surface area contributed by atoms with Crippen LogP contribution < -0.4 is 0 Å². The van der Waals surface area contributed by atoms with Crippen LogP contribution in [-0.2, 0) is 30.3 Å².